The van der Waals surface area contributed by atoms with E-state index >= 15 is 0 Å². The minimum absolute atomic E-state index is 0.133. The van der Waals surface area contributed by atoms with E-state index in [4.69, 9.17) is 10.5 Å². The van der Waals surface area contributed by atoms with Crippen LogP contribution in [0, 0.1) is 6.92 Å². The Morgan fingerprint density at radius 2 is 1.79 bits per heavy atom. The van der Waals surface area contributed by atoms with E-state index in [9.17, 15) is 0 Å². The number of hydrogen-bond donors (Lipinski definition) is 1. The molecule has 1 saturated heterocycles. The number of ether oxygens (including phenoxy) is 1. The lowest BCUT2D eigenvalue weighted by Crippen LogP contribution is -2.46. The molecule has 0 saturated carbocycles. The van der Waals surface area contributed by atoms with Crippen molar-refractivity contribution in [2.75, 3.05) is 19.6 Å². The Labute approximate surface area is 116 Å². The molecule has 1 heterocycles. The largest absolute Gasteiger partial charge is 0.373 e. The molecule has 0 amide bonds. The third kappa shape index (κ3) is 4.30. The third-order valence-electron chi connectivity index (χ3n) is 3.76. The van der Waals surface area contributed by atoms with Gasteiger partial charge in [-0.2, -0.15) is 0 Å². The van der Waals surface area contributed by atoms with Gasteiger partial charge in [-0.05, 0) is 32.8 Å². The van der Waals surface area contributed by atoms with Crippen molar-refractivity contribution >= 4 is 0 Å². The van der Waals surface area contributed by atoms with Crippen LogP contribution in [0.1, 0.15) is 37.4 Å². The molecule has 0 spiro atoms. The molecule has 3 atom stereocenters. The van der Waals surface area contributed by atoms with E-state index in [0.29, 0.717) is 12.2 Å². The van der Waals surface area contributed by atoms with Crippen LogP contribution < -0.4 is 5.73 Å². The van der Waals surface area contributed by atoms with Gasteiger partial charge in [0, 0.05) is 25.7 Å². The van der Waals surface area contributed by atoms with Crippen LogP contribution in [0.2, 0.25) is 0 Å². The molecule has 0 aromatic heterocycles. The molecule has 3 nitrogen and oxygen atoms in total. The summed E-state index contributed by atoms with van der Waals surface area (Å²) >= 11 is 0. The number of aryl methyl sites for hydroxylation is 1. The first-order valence-electron chi connectivity index (χ1n) is 7.24. The highest BCUT2D eigenvalue weighted by Gasteiger charge is 2.22. The van der Waals surface area contributed by atoms with Crippen LogP contribution in [0.5, 0.6) is 0 Å². The average Bonchev–Trinajstić information content (AvgIpc) is 2.36. The summed E-state index contributed by atoms with van der Waals surface area (Å²) in [4.78, 5) is 2.47. The first kappa shape index (κ1) is 14.5. The van der Waals surface area contributed by atoms with Crippen molar-refractivity contribution < 1.29 is 4.74 Å². The fourth-order valence-electron chi connectivity index (χ4n) is 2.77. The van der Waals surface area contributed by atoms with Crippen LogP contribution in [0.15, 0.2) is 24.3 Å². The predicted molar refractivity (Wildman–Crippen MR) is 79.2 cm³/mol. The smallest absolute Gasteiger partial charge is 0.0678 e. The molecule has 19 heavy (non-hydrogen) atoms. The van der Waals surface area contributed by atoms with E-state index in [1.54, 1.807) is 0 Å². The number of benzene rings is 1. The lowest BCUT2D eigenvalue weighted by Gasteiger charge is -2.35. The van der Waals surface area contributed by atoms with Crippen molar-refractivity contribution in [3.8, 4) is 0 Å². The zero-order valence-electron chi connectivity index (χ0n) is 12.3. The van der Waals surface area contributed by atoms with Gasteiger partial charge in [-0.15, -0.1) is 0 Å². The van der Waals surface area contributed by atoms with Crippen molar-refractivity contribution in [3.05, 3.63) is 35.4 Å². The first-order valence-corrected chi connectivity index (χ1v) is 7.24. The molecule has 3 heteroatoms. The van der Waals surface area contributed by atoms with E-state index in [1.807, 2.05) is 0 Å². The molecule has 0 aliphatic carbocycles. The quantitative estimate of drug-likeness (QED) is 0.906. The molecule has 2 rings (SSSR count). The average molecular weight is 262 g/mol. The zero-order valence-corrected chi connectivity index (χ0v) is 12.3. The van der Waals surface area contributed by atoms with E-state index in [1.165, 1.54) is 11.1 Å². The van der Waals surface area contributed by atoms with Gasteiger partial charge in [-0.25, -0.2) is 0 Å². The highest BCUT2D eigenvalue weighted by molar-refractivity contribution is 5.23. The van der Waals surface area contributed by atoms with Crippen LogP contribution in [0.4, 0.5) is 0 Å². The van der Waals surface area contributed by atoms with Gasteiger partial charge in [-0.1, -0.05) is 29.8 Å². The molecule has 1 aliphatic rings. The monoisotopic (exact) mass is 262 g/mol. The van der Waals surface area contributed by atoms with Crippen LogP contribution in [-0.2, 0) is 4.74 Å². The second kappa shape index (κ2) is 6.51. The van der Waals surface area contributed by atoms with Gasteiger partial charge in [0.05, 0.1) is 12.2 Å². The minimum Gasteiger partial charge on any atom is -0.373 e. The summed E-state index contributed by atoms with van der Waals surface area (Å²) in [5, 5.41) is 0. The van der Waals surface area contributed by atoms with Crippen molar-refractivity contribution in [3.63, 3.8) is 0 Å². The lowest BCUT2D eigenvalue weighted by molar-refractivity contribution is -0.0684. The number of hydrogen-bond acceptors (Lipinski definition) is 3. The normalized spacial score (nSPS) is 26.3. The van der Waals surface area contributed by atoms with Crippen LogP contribution in [-0.4, -0.2) is 36.7 Å². The van der Waals surface area contributed by atoms with Gasteiger partial charge in [0.15, 0.2) is 0 Å². The van der Waals surface area contributed by atoms with E-state index < -0.39 is 0 Å². The summed E-state index contributed by atoms with van der Waals surface area (Å²) in [6.45, 7) is 9.47. The highest BCUT2D eigenvalue weighted by Crippen LogP contribution is 2.17. The third-order valence-corrected chi connectivity index (χ3v) is 3.76. The Kier molecular flexibility index (Phi) is 4.97. The van der Waals surface area contributed by atoms with Gasteiger partial charge in [0.1, 0.15) is 0 Å². The highest BCUT2D eigenvalue weighted by atomic mass is 16.5. The molecule has 2 N–H and O–H groups in total. The molecule has 0 bridgehead atoms. The molecule has 1 aromatic rings. The molecule has 1 aromatic carbocycles. The molecule has 106 valence electrons. The van der Waals surface area contributed by atoms with Gasteiger partial charge >= 0.3 is 0 Å². The van der Waals surface area contributed by atoms with Crippen LogP contribution in [0.25, 0.3) is 0 Å². The first-order chi connectivity index (χ1) is 9.04. The SMILES string of the molecule is Cc1ccc(C(N)CCN2C[C@@H](C)O[C@@H](C)C2)cc1. The molecule has 1 unspecified atom stereocenters. The summed E-state index contributed by atoms with van der Waals surface area (Å²) in [5.41, 5.74) is 8.79. The number of morpholine rings is 1. The second-order valence-electron chi connectivity index (χ2n) is 5.82. The van der Waals surface area contributed by atoms with E-state index in [2.05, 4.69) is 49.9 Å². The minimum atomic E-state index is 0.133. The summed E-state index contributed by atoms with van der Waals surface area (Å²) < 4.78 is 5.75. The Balaban J connectivity index is 1.83. The summed E-state index contributed by atoms with van der Waals surface area (Å²) in [6.07, 6.45) is 1.67. The molecule has 1 aliphatic heterocycles. The van der Waals surface area contributed by atoms with Gasteiger partial charge < -0.3 is 10.5 Å². The van der Waals surface area contributed by atoms with E-state index in [0.717, 1.165) is 26.1 Å². The predicted octanol–water partition coefficient (Wildman–Crippen LogP) is 2.49. The van der Waals surface area contributed by atoms with Crippen molar-refractivity contribution in [2.45, 2.75) is 45.4 Å². The van der Waals surface area contributed by atoms with Crippen LogP contribution >= 0.6 is 0 Å². The summed E-state index contributed by atoms with van der Waals surface area (Å²) in [5.74, 6) is 0. The molecular weight excluding hydrogens is 236 g/mol. The molecular formula is C16H26N2O. The Morgan fingerprint density at radius 1 is 1.21 bits per heavy atom. The topological polar surface area (TPSA) is 38.5 Å². The summed E-state index contributed by atoms with van der Waals surface area (Å²) in [7, 11) is 0. The maximum absolute atomic E-state index is 6.27. The summed E-state index contributed by atoms with van der Waals surface area (Å²) in [6, 6.07) is 8.69. The van der Waals surface area contributed by atoms with Gasteiger partial charge in [0.2, 0.25) is 0 Å². The second-order valence-corrected chi connectivity index (χ2v) is 5.82. The van der Waals surface area contributed by atoms with Crippen molar-refractivity contribution in [2.24, 2.45) is 5.73 Å². The lowest BCUT2D eigenvalue weighted by atomic mass is 10.0. The molecule has 0 radical (unpaired) electrons. The standard InChI is InChI=1S/C16H26N2O/c1-12-4-6-15(7-5-12)16(17)8-9-18-10-13(2)19-14(3)11-18/h4-7,13-14,16H,8-11,17H2,1-3H3/t13-,14+,16?. The van der Waals surface area contributed by atoms with Crippen LogP contribution in [0.3, 0.4) is 0 Å². The Bertz CT molecular complexity index is 380. The van der Waals surface area contributed by atoms with E-state index in [-0.39, 0.29) is 6.04 Å². The van der Waals surface area contributed by atoms with Crippen molar-refractivity contribution in [1.29, 1.82) is 0 Å². The Hall–Kier alpha value is -0.900. The number of rotatable bonds is 4. The maximum Gasteiger partial charge on any atom is 0.0678 e. The van der Waals surface area contributed by atoms with Crippen molar-refractivity contribution in [1.82, 2.24) is 4.90 Å². The molecule has 1 fully saturated rings. The number of nitrogens with zero attached hydrogens (tertiary/aromatic N) is 1. The van der Waals surface area contributed by atoms with Gasteiger partial charge in [0.25, 0.3) is 0 Å². The maximum atomic E-state index is 6.27. The Morgan fingerprint density at radius 3 is 2.37 bits per heavy atom. The zero-order chi connectivity index (χ0) is 13.8. The number of nitrogens with two attached hydrogens (primary N) is 1. The fourth-order valence-corrected chi connectivity index (χ4v) is 2.77. The van der Waals surface area contributed by atoms with Gasteiger partial charge in [-0.3, -0.25) is 4.90 Å². The fraction of sp³-hybridized carbons (Fsp3) is 0.625.